The number of amides is 1. The molecule has 36 heavy (non-hydrogen) atoms. The van der Waals surface area contributed by atoms with Gasteiger partial charge in [-0.15, -0.1) is 0 Å². The summed E-state index contributed by atoms with van der Waals surface area (Å²) in [6.45, 7) is 6.99. The molecule has 0 aromatic heterocycles. The van der Waals surface area contributed by atoms with Gasteiger partial charge in [0.1, 0.15) is 0 Å². The van der Waals surface area contributed by atoms with Gasteiger partial charge in [-0.1, -0.05) is 48.5 Å². The molecule has 2 aliphatic rings. The Balaban J connectivity index is 1.39. The first-order valence-electron chi connectivity index (χ1n) is 13.1. The maximum absolute atomic E-state index is 12.8. The SMILES string of the molecule is CC(Cc1ccc(Cl)cc1Cl)NC(=O)c1ccc(NC(=NC2CCCCC2)N2CCN[C@@H](C)C2)cc1. The number of piperazine rings is 1. The van der Waals surface area contributed by atoms with Crippen LogP contribution < -0.4 is 16.0 Å². The number of carbonyl (C=O) groups is 1. The van der Waals surface area contributed by atoms with Crippen molar-refractivity contribution in [1.82, 2.24) is 15.5 Å². The van der Waals surface area contributed by atoms with Crippen LogP contribution in [0.25, 0.3) is 0 Å². The lowest BCUT2D eigenvalue weighted by atomic mass is 9.96. The van der Waals surface area contributed by atoms with Crippen LogP contribution in [0.1, 0.15) is 61.9 Å². The van der Waals surface area contributed by atoms with E-state index in [9.17, 15) is 4.79 Å². The van der Waals surface area contributed by atoms with Crippen molar-refractivity contribution < 1.29 is 4.79 Å². The van der Waals surface area contributed by atoms with Crippen LogP contribution in [0, 0.1) is 0 Å². The summed E-state index contributed by atoms with van der Waals surface area (Å²) in [5.41, 5.74) is 2.52. The van der Waals surface area contributed by atoms with E-state index in [-0.39, 0.29) is 11.9 Å². The summed E-state index contributed by atoms with van der Waals surface area (Å²) in [6.07, 6.45) is 6.77. The summed E-state index contributed by atoms with van der Waals surface area (Å²) in [6, 6.07) is 13.8. The second-order valence-electron chi connectivity index (χ2n) is 10.1. The predicted molar refractivity (Wildman–Crippen MR) is 151 cm³/mol. The summed E-state index contributed by atoms with van der Waals surface area (Å²) in [5, 5.41) is 11.4. The molecule has 0 bridgehead atoms. The first kappa shape index (κ1) is 26.8. The average molecular weight is 531 g/mol. The third-order valence-electron chi connectivity index (χ3n) is 6.87. The highest BCUT2D eigenvalue weighted by molar-refractivity contribution is 6.35. The van der Waals surface area contributed by atoms with E-state index >= 15 is 0 Å². The average Bonchev–Trinajstić information content (AvgIpc) is 2.86. The molecule has 4 rings (SSSR count). The molecular weight excluding hydrogens is 493 g/mol. The van der Waals surface area contributed by atoms with Crippen molar-refractivity contribution in [3.63, 3.8) is 0 Å². The molecule has 2 atom stereocenters. The normalized spacial score (nSPS) is 20.2. The van der Waals surface area contributed by atoms with E-state index in [2.05, 4.69) is 27.8 Å². The maximum Gasteiger partial charge on any atom is 0.251 e. The van der Waals surface area contributed by atoms with Gasteiger partial charge in [0.2, 0.25) is 0 Å². The fraction of sp³-hybridized carbons (Fsp3) is 0.500. The number of guanidine groups is 1. The van der Waals surface area contributed by atoms with Gasteiger partial charge in [-0.25, -0.2) is 4.99 Å². The van der Waals surface area contributed by atoms with Crippen molar-refractivity contribution in [2.45, 2.75) is 70.5 Å². The molecule has 194 valence electrons. The topological polar surface area (TPSA) is 68.8 Å². The van der Waals surface area contributed by atoms with E-state index in [4.69, 9.17) is 28.2 Å². The zero-order valence-corrected chi connectivity index (χ0v) is 22.7. The maximum atomic E-state index is 12.8. The summed E-state index contributed by atoms with van der Waals surface area (Å²) >= 11 is 12.3. The molecule has 1 saturated carbocycles. The largest absolute Gasteiger partial charge is 0.349 e. The van der Waals surface area contributed by atoms with Crippen molar-refractivity contribution in [3.05, 3.63) is 63.6 Å². The van der Waals surface area contributed by atoms with Crippen LogP contribution in [0.15, 0.2) is 47.5 Å². The number of benzene rings is 2. The van der Waals surface area contributed by atoms with Crippen molar-refractivity contribution in [1.29, 1.82) is 0 Å². The predicted octanol–water partition coefficient (Wildman–Crippen LogP) is 5.75. The van der Waals surface area contributed by atoms with Crippen LogP contribution >= 0.6 is 23.2 Å². The fourth-order valence-electron chi connectivity index (χ4n) is 4.91. The molecule has 1 aliphatic heterocycles. The van der Waals surface area contributed by atoms with Gasteiger partial charge in [0.05, 0.1) is 6.04 Å². The van der Waals surface area contributed by atoms with Crippen LogP contribution in [0.5, 0.6) is 0 Å². The molecule has 2 aromatic rings. The van der Waals surface area contributed by atoms with Crippen molar-refractivity contribution in [2.24, 2.45) is 4.99 Å². The van der Waals surface area contributed by atoms with Gasteiger partial charge in [-0.3, -0.25) is 4.79 Å². The Kier molecular flexibility index (Phi) is 9.52. The smallest absolute Gasteiger partial charge is 0.251 e. The third kappa shape index (κ3) is 7.61. The molecule has 3 N–H and O–H groups in total. The first-order chi connectivity index (χ1) is 17.4. The van der Waals surface area contributed by atoms with Crippen LogP contribution in [0.2, 0.25) is 10.0 Å². The summed E-state index contributed by atoms with van der Waals surface area (Å²) < 4.78 is 0. The van der Waals surface area contributed by atoms with Crippen LogP contribution in [-0.4, -0.2) is 54.5 Å². The Hall–Kier alpha value is -2.28. The zero-order valence-electron chi connectivity index (χ0n) is 21.2. The minimum absolute atomic E-state index is 0.0714. The molecule has 1 saturated heterocycles. The highest BCUT2D eigenvalue weighted by atomic mass is 35.5. The standard InChI is InChI=1S/C28H37Cl2N5O/c1-19(16-22-8-11-23(29)17-26(22)30)32-27(36)21-9-12-25(13-10-21)34-28(33-24-6-4-3-5-7-24)35-15-14-31-20(2)18-35/h8-13,17,19-20,24,31H,3-7,14-16,18H2,1-2H3,(H,32,36)(H,33,34)/t19?,20-/m0/s1. The molecule has 8 heteroatoms. The molecule has 1 heterocycles. The molecule has 1 amide bonds. The quantitative estimate of drug-likeness (QED) is 0.329. The van der Waals surface area contributed by atoms with E-state index in [1.807, 2.05) is 43.3 Å². The molecular formula is C28H37Cl2N5O. The number of hydrogen-bond acceptors (Lipinski definition) is 3. The molecule has 6 nitrogen and oxygen atoms in total. The van der Waals surface area contributed by atoms with E-state index in [0.717, 1.165) is 49.7 Å². The molecule has 1 unspecified atom stereocenters. The number of aliphatic imine (C=N–C) groups is 1. The van der Waals surface area contributed by atoms with E-state index in [1.165, 1.54) is 19.3 Å². The van der Waals surface area contributed by atoms with Gasteiger partial charge < -0.3 is 20.9 Å². The number of nitrogens with one attached hydrogen (secondary N) is 3. The molecule has 1 aliphatic carbocycles. The monoisotopic (exact) mass is 529 g/mol. The number of hydrogen-bond donors (Lipinski definition) is 3. The number of carbonyl (C=O) groups excluding carboxylic acids is 1. The highest BCUT2D eigenvalue weighted by Gasteiger charge is 2.22. The van der Waals surface area contributed by atoms with E-state index in [1.54, 1.807) is 6.07 Å². The Labute approximate surface area is 224 Å². The number of anilines is 1. The Morgan fingerprint density at radius 2 is 1.89 bits per heavy atom. The molecule has 0 radical (unpaired) electrons. The lowest BCUT2D eigenvalue weighted by Gasteiger charge is -2.35. The van der Waals surface area contributed by atoms with E-state index < -0.39 is 0 Å². The molecule has 2 fully saturated rings. The van der Waals surface area contributed by atoms with Crippen LogP contribution in [0.4, 0.5) is 5.69 Å². The molecule has 2 aromatic carbocycles. The van der Waals surface area contributed by atoms with Gasteiger partial charge in [0, 0.05) is 53.0 Å². The van der Waals surface area contributed by atoms with Gasteiger partial charge >= 0.3 is 0 Å². The van der Waals surface area contributed by atoms with Crippen molar-refractivity contribution in [2.75, 3.05) is 25.0 Å². The Morgan fingerprint density at radius 3 is 2.58 bits per heavy atom. The number of rotatable bonds is 6. The summed E-state index contributed by atoms with van der Waals surface area (Å²) in [4.78, 5) is 20.3. The summed E-state index contributed by atoms with van der Waals surface area (Å²) in [5.74, 6) is 0.840. The van der Waals surface area contributed by atoms with Crippen molar-refractivity contribution in [3.8, 4) is 0 Å². The fourth-order valence-corrected chi connectivity index (χ4v) is 5.40. The Bertz CT molecular complexity index is 1050. The second kappa shape index (κ2) is 12.8. The van der Waals surface area contributed by atoms with Gasteiger partial charge in [0.25, 0.3) is 5.91 Å². The van der Waals surface area contributed by atoms with Crippen molar-refractivity contribution >= 4 is 40.8 Å². The third-order valence-corrected chi connectivity index (χ3v) is 7.46. The first-order valence-corrected chi connectivity index (χ1v) is 13.8. The second-order valence-corrected chi connectivity index (χ2v) is 10.9. The van der Waals surface area contributed by atoms with E-state index in [0.29, 0.717) is 34.1 Å². The Morgan fingerprint density at radius 1 is 1.14 bits per heavy atom. The van der Waals surface area contributed by atoms with Crippen LogP contribution in [0.3, 0.4) is 0 Å². The van der Waals surface area contributed by atoms with Gasteiger partial charge in [0.15, 0.2) is 5.96 Å². The summed E-state index contributed by atoms with van der Waals surface area (Å²) in [7, 11) is 0. The zero-order chi connectivity index (χ0) is 25.5. The number of nitrogens with zero attached hydrogens (tertiary/aromatic N) is 2. The lowest BCUT2D eigenvalue weighted by molar-refractivity contribution is 0.0940. The van der Waals surface area contributed by atoms with Gasteiger partial charge in [-0.05, 0) is 75.1 Å². The highest BCUT2D eigenvalue weighted by Crippen LogP contribution is 2.23. The van der Waals surface area contributed by atoms with Crippen LogP contribution in [-0.2, 0) is 6.42 Å². The lowest BCUT2D eigenvalue weighted by Crippen LogP contribution is -2.53. The molecule has 0 spiro atoms. The minimum atomic E-state index is -0.105. The number of halogens is 2. The van der Waals surface area contributed by atoms with Gasteiger partial charge in [-0.2, -0.15) is 0 Å². The minimum Gasteiger partial charge on any atom is -0.349 e.